The molecule has 0 fully saturated rings. The van der Waals surface area contributed by atoms with Gasteiger partial charge in [-0.2, -0.15) is 4.98 Å². The van der Waals surface area contributed by atoms with Crippen LogP contribution in [0.5, 0.6) is 0 Å². The molecule has 1 heterocycles. The summed E-state index contributed by atoms with van der Waals surface area (Å²) in [7, 11) is 1.75. The summed E-state index contributed by atoms with van der Waals surface area (Å²) in [6, 6.07) is 17.8. The van der Waals surface area contributed by atoms with E-state index in [0.29, 0.717) is 29.7 Å². The van der Waals surface area contributed by atoms with Crippen LogP contribution in [-0.2, 0) is 6.42 Å². The minimum atomic E-state index is 0. The molecular weight excluding hydrogens is 489 g/mol. The number of nitrogens with one attached hydrogen (secondary N) is 2. The van der Waals surface area contributed by atoms with E-state index in [2.05, 4.69) is 44.8 Å². The van der Waals surface area contributed by atoms with Crippen LogP contribution in [0.1, 0.15) is 24.4 Å². The van der Waals surface area contributed by atoms with Gasteiger partial charge < -0.3 is 15.2 Å². The Balaban J connectivity index is 0.00000280. The summed E-state index contributed by atoms with van der Waals surface area (Å²) >= 11 is 6.01. The van der Waals surface area contributed by atoms with Gasteiger partial charge in [0.25, 0.3) is 0 Å². The van der Waals surface area contributed by atoms with Crippen molar-refractivity contribution in [3.8, 4) is 11.4 Å². The largest absolute Gasteiger partial charge is 0.356 e. The first-order valence-electron chi connectivity index (χ1n) is 8.76. The number of benzene rings is 2. The molecule has 0 amide bonds. The minimum absolute atomic E-state index is 0. The predicted octanol–water partition coefficient (Wildman–Crippen LogP) is 4.48. The Morgan fingerprint density at radius 3 is 2.68 bits per heavy atom. The van der Waals surface area contributed by atoms with Gasteiger partial charge in [0, 0.05) is 30.6 Å². The third-order valence-electron chi connectivity index (χ3n) is 4.06. The van der Waals surface area contributed by atoms with Gasteiger partial charge in [-0.15, -0.1) is 24.0 Å². The summed E-state index contributed by atoms with van der Waals surface area (Å²) in [5.41, 5.74) is 2.03. The lowest BCUT2D eigenvalue weighted by Crippen LogP contribution is -2.39. The van der Waals surface area contributed by atoms with E-state index in [1.807, 2.05) is 42.5 Å². The topological polar surface area (TPSA) is 75.3 Å². The van der Waals surface area contributed by atoms with Crippen molar-refractivity contribution in [2.24, 2.45) is 4.99 Å². The van der Waals surface area contributed by atoms with Crippen LogP contribution in [0.25, 0.3) is 11.4 Å². The molecule has 3 aromatic rings. The van der Waals surface area contributed by atoms with Crippen molar-refractivity contribution in [2.75, 3.05) is 13.6 Å². The second-order valence-corrected chi connectivity index (χ2v) is 6.48. The molecule has 0 bridgehead atoms. The number of guanidine groups is 1. The first kappa shape index (κ1) is 22.2. The maximum atomic E-state index is 6.01. The maximum absolute atomic E-state index is 6.01. The van der Waals surface area contributed by atoms with Gasteiger partial charge in [-0.1, -0.05) is 59.2 Å². The molecule has 1 atom stereocenters. The van der Waals surface area contributed by atoms with E-state index < -0.39 is 0 Å². The number of hydrogen-bond donors (Lipinski definition) is 2. The molecule has 0 aliphatic rings. The summed E-state index contributed by atoms with van der Waals surface area (Å²) in [5.74, 6) is 1.82. The molecule has 0 aliphatic heterocycles. The zero-order valence-electron chi connectivity index (χ0n) is 15.7. The van der Waals surface area contributed by atoms with Crippen molar-refractivity contribution in [1.82, 2.24) is 20.8 Å². The zero-order valence-corrected chi connectivity index (χ0v) is 18.8. The first-order valence-corrected chi connectivity index (χ1v) is 9.14. The van der Waals surface area contributed by atoms with Crippen molar-refractivity contribution in [1.29, 1.82) is 0 Å². The quantitative estimate of drug-likeness (QED) is 0.290. The Morgan fingerprint density at radius 1 is 1.18 bits per heavy atom. The third-order valence-corrected chi connectivity index (χ3v) is 4.29. The number of aromatic nitrogens is 2. The molecular formula is C20H23ClIN5O. The molecule has 0 aliphatic carbocycles. The fraction of sp³-hybridized carbons (Fsp3) is 0.250. The van der Waals surface area contributed by atoms with Gasteiger partial charge in [0.15, 0.2) is 5.96 Å². The van der Waals surface area contributed by atoms with Crippen molar-refractivity contribution in [3.63, 3.8) is 0 Å². The molecule has 6 nitrogen and oxygen atoms in total. The number of nitrogens with zero attached hydrogens (tertiary/aromatic N) is 3. The molecule has 0 radical (unpaired) electrons. The highest BCUT2D eigenvalue weighted by molar-refractivity contribution is 14.0. The summed E-state index contributed by atoms with van der Waals surface area (Å²) < 4.78 is 5.32. The van der Waals surface area contributed by atoms with Crippen LogP contribution in [0.4, 0.5) is 0 Å². The van der Waals surface area contributed by atoms with Crippen LogP contribution in [0.3, 0.4) is 0 Å². The highest BCUT2D eigenvalue weighted by Crippen LogP contribution is 2.19. The van der Waals surface area contributed by atoms with Crippen molar-refractivity contribution >= 4 is 41.5 Å². The highest BCUT2D eigenvalue weighted by atomic mass is 127. The van der Waals surface area contributed by atoms with E-state index in [1.54, 1.807) is 7.05 Å². The Bertz CT molecular complexity index is 900. The van der Waals surface area contributed by atoms with E-state index in [1.165, 1.54) is 5.56 Å². The lowest BCUT2D eigenvalue weighted by atomic mass is 10.1. The van der Waals surface area contributed by atoms with Crippen LogP contribution in [0.2, 0.25) is 5.02 Å². The second-order valence-electron chi connectivity index (χ2n) is 6.05. The lowest BCUT2D eigenvalue weighted by Gasteiger charge is -2.17. The number of halogens is 2. The van der Waals surface area contributed by atoms with Gasteiger partial charge in [-0.25, -0.2) is 0 Å². The second kappa shape index (κ2) is 11.0. The number of rotatable bonds is 6. The monoisotopic (exact) mass is 511 g/mol. The predicted molar refractivity (Wildman–Crippen MR) is 123 cm³/mol. The summed E-state index contributed by atoms with van der Waals surface area (Å²) in [6.07, 6.45) is 0.591. The number of aliphatic imine (C=N–C) groups is 1. The Hall–Kier alpha value is -2.13. The molecule has 3 rings (SSSR count). The zero-order chi connectivity index (χ0) is 19.1. The lowest BCUT2D eigenvalue weighted by molar-refractivity contribution is 0.378. The van der Waals surface area contributed by atoms with Crippen molar-refractivity contribution < 1.29 is 4.52 Å². The Kier molecular flexibility index (Phi) is 8.72. The summed E-state index contributed by atoms with van der Waals surface area (Å²) in [5, 5.41) is 11.3. The van der Waals surface area contributed by atoms with Crippen LogP contribution < -0.4 is 10.6 Å². The van der Waals surface area contributed by atoms with Crippen LogP contribution >= 0.6 is 35.6 Å². The average molecular weight is 512 g/mol. The molecule has 148 valence electrons. The van der Waals surface area contributed by atoms with Gasteiger partial charge in [0.05, 0.1) is 6.04 Å². The molecule has 0 saturated heterocycles. The molecule has 0 spiro atoms. The average Bonchev–Trinajstić information content (AvgIpc) is 3.17. The van der Waals surface area contributed by atoms with Gasteiger partial charge in [0.1, 0.15) is 0 Å². The molecule has 2 aromatic carbocycles. The molecule has 1 aromatic heterocycles. The minimum Gasteiger partial charge on any atom is -0.356 e. The van der Waals surface area contributed by atoms with Gasteiger partial charge in [-0.05, 0) is 24.6 Å². The highest BCUT2D eigenvalue weighted by Gasteiger charge is 2.10. The molecule has 28 heavy (non-hydrogen) atoms. The van der Waals surface area contributed by atoms with Crippen LogP contribution in [0.15, 0.2) is 64.1 Å². The Labute approximate surface area is 186 Å². The van der Waals surface area contributed by atoms with E-state index in [-0.39, 0.29) is 30.0 Å². The fourth-order valence-electron chi connectivity index (χ4n) is 2.61. The molecule has 8 heteroatoms. The van der Waals surface area contributed by atoms with E-state index >= 15 is 0 Å². The van der Waals surface area contributed by atoms with Gasteiger partial charge in [-0.3, -0.25) is 4.99 Å². The standard InChI is InChI=1S/C20H22ClN5O.HI/c1-14(15-7-4-3-5-8-15)24-20(22-2)23-12-11-18-25-19(26-27-18)16-9-6-10-17(21)13-16;/h3-10,13-14H,11-12H2,1-2H3,(H2,22,23,24);1H. The third kappa shape index (κ3) is 6.20. The summed E-state index contributed by atoms with van der Waals surface area (Å²) in [4.78, 5) is 8.68. The van der Waals surface area contributed by atoms with Crippen LogP contribution in [-0.4, -0.2) is 29.7 Å². The van der Waals surface area contributed by atoms with Crippen molar-refractivity contribution in [2.45, 2.75) is 19.4 Å². The molecule has 1 unspecified atom stereocenters. The van der Waals surface area contributed by atoms with E-state index in [9.17, 15) is 0 Å². The van der Waals surface area contributed by atoms with Gasteiger partial charge in [0.2, 0.25) is 11.7 Å². The van der Waals surface area contributed by atoms with Crippen molar-refractivity contribution in [3.05, 3.63) is 71.1 Å². The SMILES string of the molecule is CN=C(NCCc1nc(-c2cccc(Cl)c2)no1)NC(C)c1ccccc1.I. The molecule has 0 saturated carbocycles. The van der Waals surface area contributed by atoms with E-state index in [0.717, 1.165) is 11.5 Å². The smallest absolute Gasteiger partial charge is 0.228 e. The van der Waals surface area contributed by atoms with Gasteiger partial charge >= 0.3 is 0 Å². The molecule has 2 N–H and O–H groups in total. The van der Waals surface area contributed by atoms with Crippen LogP contribution in [0, 0.1) is 0 Å². The summed E-state index contributed by atoms with van der Waals surface area (Å²) in [6.45, 7) is 2.72. The van der Waals surface area contributed by atoms with E-state index in [4.69, 9.17) is 16.1 Å². The first-order chi connectivity index (χ1) is 13.2. The number of hydrogen-bond acceptors (Lipinski definition) is 4. The fourth-order valence-corrected chi connectivity index (χ4v) is 2.80. The normalized spacial score (nSPS) is 12.2. The Morgan fingerprint density at radius 2 is 1.96 bits per heavy atom. The maximum Gasteiger partial charge on any atom is 0.228 e.